The molecule has 0 N–H and O–H groups in total. The molecule has 1 aromatic carbocycles. The molecular weight excluding hydrogens is 414 g/mol. The average molecular weight is 450 g/mol. The van der Waals surface area contributed by atoms with Crippen LogP contribution in [0.2, 0.25) is 0 Å². The van der Waals surface area contributed by atoms with E-state index in [4.69, 9.17) is 4.74 Å². The highest BCUT2D eigenvalue weighted by atomic mass is 32.2. The van der Waals surface area contributed by atoms with Crippen LogP contribution in [0.1, 0.15) is 31.2 Å². The third-order valence-electron chi connectivity index (χ3n) is 7.61. The highest BCUT2D eigenvalue weighted by molar-refractivity contribution is 7.90. The first-order valence-electron chi connectivity index (χ1n) is 11.2. The van der Waals surface area contributed by atoms with Gasteiger partial charge in [-0.2, -0.15) is 0 Å². The number of rotatable bonds is 7. The van der Waals surface area contributed by atoms with Crippen molar-refractivity contribution in [3.05, 3.63) is 35.9 Å². The summed E-state index contributed by atoms with van der Waals surface area (Å²) in [6.45, 7) is 3.00. The summed E-state index contributed by atoms with van der Waals surface area (Å²) in [7, 11) is 1.17. The van der Waals surface area contributed by atoms with Crippen molar-refractivity contribution in [2.75, 3.05) is 59.0 Å². The lowest BCUT2D eigenvalue weighted by Gasteiger charge is -2.51. The molecule has 2 amide bonds. The second-order valence-corrected chi connectivity index (χ2v) is 12.1. The van der Waals surface area contributed by atoms with Crippen LogP contribution in [-0.2, 0) is 20.1 Å². The van der Waals surface area contributed by atoms with Gasteiger partial charge in [0.25, 0.3) is 0 Å². The molecule has 1 spiro atoms. The Labute approximate surface area is 186 Å². The Hall–Kier alpha value is -1.64. The second kappa shape index (κ2) is 8.37. The smallest absolute Gasteiger partial charge is 0.320 e. The molecule has 0 unspecified atom stereocenters. The number of hydrogen-bond acceptors (Lipinski definition) is 5. The van der Waals surface area contributed by atoms with Crippen LogP contribution in [-0.4, -0.2) is 93.6 Å². The van der Waals surface area contributed by atoms with E-state index in [1.54, 1.807) is 4.90 Å². The highest BCUT2D eigenvalue weighted by Crippen LogP contribution is 2.49. The minimum Gasteiger partial charge on any atom is -0.381 e. The van der Waals surface area contributed by atoms with Crippen LogP contribution in [0.25, 0.3) is 0 Å². The standard InChI is InChI=1S/C23H35N3O4S/c1-24(2)23(20-7-5-4-6-8-20)11-9-22(10-12-23)18-25(13-14-31(3,28)29)21(27)26(22)15-19-16-30-17-19/h4-8,19H,9-18H2,1-3H3. The summed E-state index contributed by atoms with van der Waals surface area (Å²) in [6, 6.07) is 10.7. The molecule has 31 heavy (non-hydrogen) atoms. The molecule has 1 aliphatic carbocycles. The summed E-state index contributed by atoms with van der Waals surface area (Å²) in [4.78, 5) is 19.5. The van der Waals surface area contributed by atoms with Crippen LogP contribution in [0.5, 0.6) is 0 Å². The maximum absolute atomic E-state index is 13.3. The van der Waals surface area contributed by atoms with Crippen molar-refractivity contribution in [3.63, 3.8) is 0 Å². The van der Waals surface area contributed by atoms with Gasteiger partial charge in [0.15, 0.2) is 0 Å². The SMILES string of the molecule is CN(C)C1(c2ccccc2)CCC2(CC1)CN(CCS(C)(=O)=O)C(=O)N2CC1COC1. The maximum Gasteiger partial charge on any atom is 0.320 e. The van der Waals surface area contributed by atoms with E-state index in [1.165, 1.54) is 11.8 Å². The number of carbonyl (C=O) groups is 1. The van der Waals surface area contributed by atoms with Gasteiger partial charge >= 0.3 is 6.03 Å². The normalized spacial score (nSPS) is 29.7. The Balaban J connectivity index is 1.57. The summed E-state index contributed by atoms with van der Waals surface area (Å²) in [6.07, 6.45) is 4.99. The Bertz CT molecular complexity index is 891. The minimum atomic E-state index is -3.12. The molecular formula is C23H35N3O4S. The van der Waals surface area contributed by atoms with E-state index in [-0.39, 0.29) is 29.4 Å². The van der Waals surface area contributed by atoms with Gasteiger partial charge in [-0.25, -0.2) is 13.2 Å². The molecule has 2 heterocycles. The zero-order valence-electron chi connectivity index (χ0n) is 18.9. The highest BCUT2D eigenvalue weighted by Gasteiger charge is 2.54. The number of benzene rings is 1. The first-order valence-corrected chi connectivity index (χ1v) is 13.3. The largest absolute Gasteiger partial charge is 0.381 e. The van der Waals surface area contributed by atoms with Gasteiger partial charge in [-0.15, -0.1) is 0 Å². The molecule has 8 heteroatoms. The monoisotopic (exact) mass is 449 g/mol. The first kappa shape index (κ1) is 22.6. The number of carbonyl (C=O) groups excluding carboxylic acids is 1. The topological polar surface area (TPSA) is 70.2 Å². The molecule has 0 bridgehead atoms. The van der Waals surface area contributed by atoms with Crippen molar-refractivity contribution in [2.24, 2.45) is 5.92 Å². The van der Waals surface area contributed by atoms with E-state index < -0.39 is 9.84 Å². The Morgan fingerprint density at radius 2 is 1.74 bits per heavy atom. The van der Waals surface area contributed by atoms with E-state index in [2.05, 4.69) is 54.2 Å². The zero-order valence-corrected chi connectivity index (χ0v) is 19.7. The Kier molecular flexibility index (Phi) is 6.09. The molecule has 1 aromatic rings. The molecule has 7 nitrogen and oxygen atoms in total. The number of ether oxygens (including phenoxy) is 1. The van der Waals surface area contributed by atoms with Crippen molar-refractivity contribution in [1.82, 2.24) is 14.7 Å². The zero-order chi connectivity index (χ0) is 22.3. The van der Waals surface area contributed by atoms with Crippen molar-refractivity contribution in [3.8, 4) is 0 Å². The molecule has 0 radical (unpaired) electrons. The molecule has 2 aliphatic heterocycles. The van der Waals surface area contributed by atoms with Gasteiger partial charge in [-0.3, -0.25) is 4.90 Å². The van der Waals surface area contributed by atoms with Gasteiger partial charge in [0.2, 0.25) is 0 Å². The van der Waals surface area contributed by atoms with Crippen molar-refractivity contribution >= 4 is 15.9 Å². The molecule has 1 saturated carbocycles. The Morgan fingerprint density at radius 3 is 2.26 bits per heavy atom. The third-order valence-corrected chi connectivity index (χ3v) is 8.54. The van der Waals surface area contributed by atoms with E-state index >= 15 is 0 Å². The van der Waals surface area contributed by atoms with Crippen LogP contribution >= 0.6 is 0 Å². The average Bonchev–Trinajstić information content (AvgIpc) is 2.95. The van der Waals surface area contributed by atoms with Gasteiger partial charge in [0, 0.05) is 37.3 Å². The lowest BCUT2D eigenvalue weighted by molar-refractivity contribution is -0.0569. The first-order chi connectivity index (χ1) is 14.7. The van der Waals surface area contributed by atoms with Gasteiger partial charge in [0.05, 0.1) is 24.5 Å². The lowest BCUT2D eigenvalue weighted by atomic mass is 9.68. The summed E-state index contributed by atoms with van der Waals surface area (Å²) in [5.74, 6) is 0.395. The second-order valence-electron chi connectivity index (χ2n) is 9.86. The van der Waals surface area contributed by atoms with Gasteiger partial charge in [-0.05, 0) is 45.3 Å². The van der Waals surface area contributed by atoms with Crippen LogP contribution in [0.4, 0.5) is 4.79 Å². The molecule has 2 saturated heterocycles. The van der Waals surface area contributed by atoms with Crippen molar-refractivity contribution < 1.29 is 17.9 Å². The molecule has 172 valence electrons. The number of hydrogen-bond donors (Lipinski definition) is 0. The van der Waals surface area contributed by atoms with E-state index in [0.29, 0.717) is 32.2 Å². The van der Waals surface area contributed by atoms with Crippen molar-refractivity contribution in [1.29, 1.82) is 0 Å². The predicted molar refractivity (Wildman–Crippen MR) is 121 cm³/mol. The van der Waals surface area contributed by atoms with Crippen molar-refractivity contribution in [2.45, 2.75) is 36.8 Å². The van der Waals surface area contributed by atoms with E-state index in [1.807, 2.05) is 0 Å². The third kappa shape index (κ3) is 4.34. The number of nitrogens with zero attached hydrogens (tertiary/aromatic N) is 3. The fourth-order valence-electron chi connectivity index (χ4n) is 5.55. The molecule has 0 atom stereocenters. The van der Waals surface area contributed by atoms with E-state index in [0.717, 1.165) is 25.7 Å². The predicted octanol–water partition coefficient (Wildman–Crippen LogP) is 2.18. The number of urea groups is 1. The fraction of sp³-hybridized carbons (Fsp3) is 0.696. The maximum atomic E-state index is 13.3. The van der Waals surface area contributed by atoms with Crippen LogP contribution < -0.4 is 0 Å². The summed E-state index contributed by atoms with van der Waals surface area (Å²) < 4.78 is 28.8. The van der Waals surface area contributed by atoms with Crippen LogP contribution in [0.15, 0.2) is 30.3 Å². The summed E-state index contributed by atoms with van der Waals surface area (Å²) >= 11 is 0. The van der Waals surface area contributed by atoms with Gasteiger partial charge in [-0.1, -0.05) is 30.3 Å². The van der Waals surface area contributed by atoms with Crippen LogP contribution in [0, 0.1) is 5.92 Å². The summed E-state index contributed by atoms with van der Waals surface area (Å²) in [5.41, 5.74) is 1.06. The fourth-order valence-corrected chi connectivity index (χ4v) is 6.10. The molecule has 0 aromatic heterocycles. The molecule has 3 aliphatic rings. The molecule has 3 fully saturated rings. The van der Waals surface area contributed by atoms with Gasteiger partial charge < -0.3 is 14.5 Å². The van der Waals surface area contributed by atoms with E-state index in [9.17, 15) is 13.2 Å². The number of amides is 2. The van der Waals surface area contributed by atoms with Crippen LogP contribution in [0.3, 0.4) is 0 Å². The van der Waals surface area contributed by atoms with Gasteiger partial charge in [0.1, 0.15) is 9.84 Å². The molecule has 4 rings (SSSR count). The Morgan fingerprint density at radius 1 is 1.10 bits per heavy atom. The summed E-state index contributed by atoms with van der Waals surface area (Å²) in [5, 5.41) is 0. The number of sulfone groups is 1. The minimum absolute atomic E-state index is 0.00684. The lowest BCUT2D eigenvalue weighted by Crippen LogP contribution is -2.57. The quantitative estimate of drug-likeness (QED) is 0.638.